The summed E-state index contributed by atoms with van der Waals surface area (Å²) in [5, 5.41) is 0. The Balaban J connectivity index is 1.85. The minimum Gasteiger partial charge on any atom is -0.327 e. The Morgan fingerprint density at radius 2 is 1.81 bits per heavy atom. The maximum absolute atomic E-state index is 6.17. The van der Waals surface area contributed by atoms with Gasteiger partial charge in [-0.1, -0.05) is 13.3 Å². The second-order valence-electron chi connectivity index (χ2n) is 5.65. The van der Waals surface area contributed by atoms with E-state index in [0.29, 0.717) is 6.04 Å². The summed E-state index contributed by atoms with van der Waals surface area (Å²) in [5.41, 5.74) is 6.17. The van der Waals surface area contributed by atoms with Crippen molar-refractivity contribution in [2.45, 2.75) is 44.7 Å². The second-order valence-corrected chi connectivity index (χ2v) is 5.65. The van der Waals surface area contributed by atoms with E-state index in [9.17, 15) is 0 Å². The van der Waals surface area contributed by atoms with Gasteiger partial charge in [-0.05, 0) is 51.9 Å². The predicted octanol–water partition coefficient (Wildman–Crippen LogP) is 1.14. The molecule has 2 fully saturated rings. The molecule has 0 aromatic heterocycles. The topological polar surface area (TPSA) is 32.5 Å². The maximum Gasteiger partial charge on any atom is 0.0120 e. The first-order valence-electron chi connectivity index (χ1n) is 6.89. The summed E-state index contributed by atoms with van der Waals surface area (Å²) in [4.78, 5) is 5.16. The van der Waals surface area contributed by atoms with Crippen molar-refractivity contribution >= 4 is 0 Å². The monoisotopic (exact) mass is 225 g/mol. The third-order valence-electron chi connectivity index (χ3n) is 4.55. The molecule has 2 heterocycles. The molecule has 2 unspecified atom stereocenters. The lowest BCUT2D eigenvalue weighted by atomic mass is 9.88. The quantitative estimate of drug-likeness (QED) is 0.765. The van der Waals surface area contributed by atoms with Crippen LogP contribution in [0.25, 0.3) is 0 Å². The molecule has 0 aromatic carbocycles. The van der Waals surface area contributed by atoms with Gasteiger partial charge in [-0.3, -0.25) is 4.90 Å². The van der Waals surface area contributed by atoms with Crippen LogP contribution in [0.1, 0.15) is 32.6 Å². The first-order valence-corrected chi connectivity index (χ1v) is 6.89. The molecule has 0 amide bonds. The van der Waals surface area contributed by atoms with Crippen LogP contribution in [-0.4, -0.2) is 55.1 Å². The van der Waals surface area contributed by atoms with Crippen LogP contribution < -0.4 is 5.73 Å². The summed E-state index contributed by atoms with van der Waals surface area (Å²) >= 11 is 0. The fourth-order valence-corrected chi connectivity index (χ4v) is 3.20. The van der Waals surface area contributed by atoms with Crippen LogP contribution in [0, 0.1) is 5.92 Å². The summed E-state index contributed by atoms with van der Waals surface area (Å²) in [6.45, 7) is 7.29. The highest BCUT2D eigenvalue weighted by molar-refractivity contribution is 4.87. The molecule has 2 atom stereocenters. The largest absolute Gasteiger partial charge is 0.327 e. The van der Waals surface area contributed by atoms with Gasteiger partial charge in [0.15, 0.2) is 0 Å². The molecule has 16 heavy (non-hydrogen) atoms. The van der Waals surface area contributed by atoms with Crippen molar-refractivity contribution in [3.05, 3.63) is 0 Å². The Morgan fingerprint density at radius 3 is 2.44 bits per heavy atom. The Morgan fingerprint density at radius 1 is 1.12 bits per heavy atom. The Kier molecular flexibility index (Phi) is 4.22. The first-order chi connectivity index (χ1) is 7.70. The van der Waals surface area contributed by atoms with Crippen LogP contribution in [0.4, 0.5) is 0 Å². The predicted molar refractivity (Wildman–Crippen MR) is 68.5 cm³/mol. The van der Waals surface area contributed by atoms with E-state index in [2.05, 4.69) is 23.8 Å². The highest BCUT2D eigenvalue weighted by Gasteiger charge is 2.30. The minimum absolute atomic E-state index is 0.451. The normalized spacial score (nSPS) is 35.4. The molecule has 0 saturated carbocycles. The van der Waals surface area contributed by atoms with E-state index in [0.717, 1.165) is 12.0 Å². The maximum atomic E-state index is 6.17. The number of likely N-dealkylation sites (tertiary alicyclic amines) is 2. The molecule has 2 aliphatic rings. The molecule has 0 bridgehead atoms. The molecule has 2 aliphatic heterocycles. The summed E-state index contributed by atoms with van der Waals surface area (Å²) in [5.74, 6) is 0.730. The van der Waals surface area contributed by atoms with Crippen molar-refractivity contribution in [2.75, 3.05) is 33.2 Å². The average molecular weight is 225 g/mol. The molecule has 94 valence electrons. The smallest absolute Gasteiger partial charge is 0.0120 e. The van der Waals surface area contributed by atoms with Crippen molar-refractivity contribution in [1.82, 2.24) is 9.80 Å². The fraction of sp³-hybridized carbons (Fsp3) is 1.00. The molecule has 3 nitrogen and oxygen atoms in total. The molecule has 3 heteroatoms. The number of piperidine rings is 2. The summed E-state index contributed by atoms with van der Waals surface area (Å²) in [6, 6.07) is 1.28. The summed E-state index contributed by atoms with van der Waals surface area (Å²) in [6.07, 6.45) is 5.14. The lowest BCUT2D eigenvalue weighted by molar-refractivity contribution is 0.0689. The Hall–Kier alpha value is -0.120. The van der Waals surface area contributed by atoms with Gasteiger partial charge in [0.05, 0.1) is 0 Å². The van der Waals surface area contributed by atoms with Gasteiger partial charge in [0.1, 0.15) is 0 Å². The zero-order chi connectivity index (χ0) is 11.5. The zero-order valence-corrected chi connectivity index (χ0v) is 10.9. The van der Waals surface area contributed by atoms with Crippen LogP contribution in [-0.2, 0) is 0 Å². The number of hydrogen-bond acceptors (Lipinski definition) is 3. The molecule has 2 N–H and O–H groups in total. The lowest BCUT2D eigenvalue weighted by Crippen LogP contribution is -2.52. The van der Waals surface area contributed by atoms with Crippen molar-refractivity contribution in [1.29, 1.82) is 0 Å². The third kappa shape index (κ3) is 2.76. The lowest BCUT2D eigenvalue weighted by Gasteiger charge is -2.43. The number of hydrogen-bond donors (Lipinski definition) is 1. The Bertz CT molecular complexity index is 211. The van der Waals surface area contributed by atoms with Crippen LogP contribution in [0.5, 0.6) is 0 Å². The molecular weight excluding hydrogens is 198 g/mol. The molecule has 0 aromatic rings. The molecule has 0 spiro atoms. The van der Waals surface area contributed by atoms with E-state index in [4.69, 9.17) is 5.73 Å². The van der Waals surface area contributed by atoms with Gasteiger partial charge in [0, 0.05) is 18.6 Å². The van der Waals surface area contributed by atoms with Crippen LogP contribution >= 0.6 is 0 Å². The highest BCUT2D eigenvalue weighted by atomic mass is 15.2. The van der Waals surface area contributed by atoms with Gasteiger partial charge in [-0.25, -0.2) is 0 Å². The molecule has 2 saturated heterocycles. The van der Waals surface area contributed by atoms with E-state index >= 15 is 0 Å². The Labute approximate surface area is 100.0 Å². The molecule has 0 radical (unpaired) electrons. The highest BCUT2D eigenvalue weighted by Crippen LogP contribution is 2.24. The van der Waals surface area contributed by atoms with Crippen molar-refractivity contribution < 1.29 is 0 Å². The first kappa shape index (κ1) is 12.3. The fourth-order valence-electron chi connectivity index (χ4n) is 3.20. The summed E-state index contributed by atoms with van der Waals surface area (Å²) < 4.78 is 0. The van der Waals surface area contributed by atoms with Gasteiger partial charge in [0.2, 0.25) is 0 Å². The van der Waals surface area contributed by atoms with Crippen LogP contribution in [0.3, 0.4) is 0 Å². The van der Waals surface area contributed by atoms with E-state index in [1.807, 2.05) is 0 Å². The number of rotatable bonds is 2. The van der Waals surface area contributed by atoms with Crippen molar-refractivity contribution in [3.63, 3.8) is 0 Å². The number of nitrogens with zero attached hydrogens (tertiary/aromatic N) is 2. The molecule has 2 rings (SSSR count). The minimum atomic E-state index is 0.451. The van der Waals surface area contributed by atoms with Gasteiger partial charge in [0.25, 0.3) is 0 Å². The van der Waals surface area contributed by atoms with Crippen LogP contribution in [0.15, 0.2) is 0 Å². The SMILES string of the molecule is CCC1CN(C2CCN(C)CC2)CCC1N. The van der Waals surface area contributed by atoms with Crippen molar-refractivity contribution in [2.24, 2.45) is 11.7 Å². The van der Waals surface area contributed by atoms with Crippen LogP contribution in [0.2, 0.25) is 0 Å². The third-order valence-corrected chi connectivity index (χ3v) is 4.55. The molecular formula is C13H27N3. The van der Waals surface area contributed by atoms with Gasteiger partial charge in [-0.2, -0.15) is 0 Å². The van der Waals surface area contributed by atoms with E-state index in [-0.39, 0.29) is 0 Å². The second kappa shape index (κ2) is 5.48. The molecule has 0 aliphatic carbocycles. The number of nitrogens with two attached hydrogens (primary N) is 1. The van der Waals surface area contributed by atoms with Gasteiger partial charge in [-0.15, -0.1) is 0 Å². The van der Waals surface area contributed by atoms with Gasteiger partial charge >= 0.3 is 0 Å². The van der Waals surface area contributed by atoms with E-state index in [1.165, 1.54) is 51.9 Å². The summed E-state index contributed by atoms with van der Waals surface area (Å²) in [7, 11) is 2.23. The average Bonchev–Trinajstić information content (AvgIpc) is 2.31. The standard InChI is InChI=1S/C13H27N3/c1-3-11-10-16(9-6-13(11)14)12-4-7-15(2)8-5-12/h11-13H,3-10,14H2,1-2H3. The van der Waals surface area contributed by atoms with Gasteiger partial charge < -0.3 is 10.6 Å². The van der Waals surface area contributed by atoms with Crippen molar-refractivity contribution in [3.8, 4) is 0 Å². The zero-order valence-electron chi connectivity index (χ0n) is 10.9. The van der Waals surface area contributed by atoms with E-state index in [1.54, 1.807) is 0 Å². The van der Waals surface area contributed by atoms with E-state index < -0.39 is 0 Å².